The van der Waals surface area contributed by atoms with Crippen molar-refractivity contribution in [3.8, 4) is 0 Å². The molecule has 1 fully saturated rings. The van der Waals surface area contributed by atoms with Crippen molar-refractivity contribution >= 4 is 62.6 Å². The molecule has 3 rings (SSSR count). The molecule has 32 heavy (non-hydrogen) atoms. The van der Waals surface area contributed by atoms with Gasteiger partial charge in [0, 0.05) is 22.8 Å². The minimum Gasteiger partial charge on any atom is -0.465 e. The van der Waals surface area contributed by atoms with E-state index in [1.54, 1.807) is 36.4 Å². The Morgan fingerprint density at radius 1 is 1.06 bits per heavy atom. The predicted molar refractivity (Wildman–Crippen MR) is 124 cm³/mol. The summed E-state index contributed by atoms with van der Waals surface area (Å²) < 4.78 is 5.45. The Labute approximate surface area is 197 Å². The summed E-state index contributed by atoms with van der Waals surface area (Å²) in [6.45, 7) is 0. The lowest BCUT2D eigenvalue weighted by Gasteiger charge is -2.24. The van der Waals surface area contributed by atoms with Crippen LogP contribution >= 0.6 is 28.1 Å². The lowest BCUT2D eigenvalue weighted by molar-refractivity contribution is -0.130. The summed E-state index contributed by atoms with van der Waals surface area (Å²) in [5.41, 5.74) is 3.76. The minimum atomic E-state index is -0.999. The molecule has 2 aromatic rings. The van der Waals surface area contributed by atoms with Gasteiger partial charge in [0.15, 0.2) is 5.11 Å². The van der Waals surface area contributed by atoms with Gasteiger partial charge in [0.1, 0.15) is 6.04 Å². The van der Waals surface area contributed by atoms with E-state index in [1.165, 1.54) is 36.2 Å². The van der Waals surface area contributed by atoms with Gasteiger partial charge in [-0.25, -0.2) is 9.80 Å². The molecule has 0 saturated carbocycles. The van der Waals surface area contributed by atoms with Crippen LogP contribution < -0.4 is 10.7 Å². The van der Waals surface area contributed by atoms with E-state index < -0.39 is 29.7 Å². The van der Waals surface area contributed by atoms with E-state index in [2.05, 4.69) is 31.4 Å². The smallest absolute Gasteiger partial charge is 0.337 e. The molecular weight excluding hydrogens is 500 g/mol. The standard InChI is InChI=1S/C21H19BrN4O5S/c1-25-19(29)16(11-17(27)23-15-9-5-13(6-10-15)20(30)31-2)26(21(25)32)24-18(28)12-3-7-14(22)8-4-12/h3-10,16H,11H2,1-2H3,(H,23,27)(H,24,28). The Kier molecular flexibility index (Phi) is 7.21. The SMILES string of the molecule is COC(=O)c1ccc(NC(=O)CC2C(=O)N(C)C(=S)N2NC(=O)c2ccc(Br)cc2)cc1. The maximum absolute atomic E-state index is 12.6. The van der Waals surface area contributed by atoms with Gasteiger partial charge in [0.25, 0.3) is 11.8 Å². The number of esters is 1. The molecule has 1 unspecified atom stereocenters. The van der Waals surface area contributed by atoms with Crippen LogP contribution in [0.15, 0.2) is 53.0 Å². The second-order valence-corrected chi connectivity index (χ2v) is 8.12. The highest BCUT2D eigenvalue weighted by Gasteiger charge is 2.42. The lowest BCUT2D eigenvalue weighted by atomic mass is 10.1. The van der Waals surface area contributed by atoms with Crippen LogP contribution in [-0.2, 0) is 14.3 Å². The molecule has 0 spiro atoms. The molecule has 1 aliphatic rings. The monoisotopic (exact) mass is 518 g/mol. The topological polar surface area (TPSA) is 108 Å². The molecule has 9 nitrogen and oxygen atoms in total. The third-order valence-corrected chi connectivity index (χ3v) is 5.72. The number of hydrazine groups is 1. The predicted octanol–water partition coefficient (Wildman–Crippen LogP) is 2.34. The number of nitrogens with zero attached hydrogens (tertiary/aromatic N) is 2. The fourth-order valence-corrected chi connectivity index (χ4v) is 3.53. The molecular formula is C21H19BrN4O5S. The zero-order valence-corrected chi connectivity index (χ0v) is 19.5. The van der Waals surface area contributed by atoms with Crippen LogP contribution in [0.25, 0.3) is 0 Å². The van der Waals surface area contributed by atoms with Crippen molar-refractivity contribution in [3.05, 3.63) is 64.1 Å². The molecule has 1 heterocycles. The summed E-state index contributed by atoms with van der Waals surface area (Å²) >= 11 is 8.58. The van der Waals surface area contributed by atoms with Crippen LogP contribution in [0.2, 0.25) is 0 Å². The van der Waals surface area contributed by atoms with Crippen LogP contribution in [0, 0.1) is 0 Å². The van der Waals surface area contributed by atoms with Gasteiger partial charge in [-0.15, -0.1) is 0 Å². The quantitative estimate of drug-likeness (QED) is 0.446. The summed E-state index contributed by atoms with van der Waals surface area (Å²) in [5, 5.41) is 3.97. The number of methoxy groups -OCH3 is 1. The number of halogens is 1. The maximum atomic E-state index is 12.6. The number of carbonyl (C=O) groups is 4. The Bertz CT molecular complexity index is 1070. The van der Waals surface area contributed by atoms with E-state index in [4.69, 9.17) is 12.2 Å². The second-order valence-electron chi connectivity index (χ2n) is 6.83. The van der Waals surface area contributed by atoms with Crippen molar-refractivity contribution in [1.82, 2.24) is 15.3 Å². The molecule has 2 N–H and O–H groups in total. The number of ether oxygens (including phenoxy) is 1. The fourth-order valence-electron chi connectivity index (χ4n) is 3.00. The number of benzene rings is 2. The molecule has 166 valence electrons. The van der Waals surface area contributed by atoms with E-state index in [0.717, 1.165) is 4.47 Å². The first-order valence-electron chi connectivity index (χ1n) is 9.37. The van der Waals surface area contributed by atoms with E-state index in [9.17, 15) is 19.2 Å². The van der Waals surface area contributed by atoms with Crippen molar-refractivity contribution in [2.45, 2.75) is 12.5 Å². The van der Waals surface area contributed by atoms with Crippen molar-refractivity contribution < 1.29 is 23.9 Å². The summed E-state index contributed by atoms with van der Waals surface area (Å²) in [5.74, 6) is -1.84. The zero-order valence-electron chi connectivity index (χ0n) is 17.1. The van der Waals surface area contributed by atoms with Gasteiger partial charge in [-0.05, 0) is 60.7 Å². The molecule has 1 aliphatic heterocycles. The van der Waals surface area contributed by atoms with Crippen LogP contribution in [0.5, 0.6) is 0 Å². The molecule has 0 bridgehead atoms. The summed E-state index contributed by atoms with van der Waals surface area (Å²) in [6, 6.07) is 11.8. The van der Waals surface area contributed by atoms with Gasteiger partial charge >= 0.3 is 5.97 Å². The molecule has 0 aromatic heterocycles. The molecule has 3 amide bonds. The molecule has 1 atom stereocenters. The highest BCUT2D eigenvalue weighted by Crippen LogP contribution is 2.19. The highest BCUT2D eigenvalue weighted by molar-refractivity contribution is 9.10. The van der Waals surface area contributed by atoms with Gasteiger partial charge in [-0.2, -0.15) is 0 Å². The number of hydrogen-bond donors (Lipinski definition) is 2. The molecule has 2 aromatic carbocycles. The first-order valence-corrected chi connectivity index (χ1v) is 10.6. The minimum absolute atomic E-state index is 0.0840. The number of anilines is 1. The summed E-state index contributed by atoms with van der Waals surface area (Å²) in [4.78, 5) is 50.5. The van der Waals surface area contributed by atoms with Crippen molar-refractivity contribution in [2.24, 2.45) is 0 Å². The van der Waals surface area contributed by atoms with Gasteiger partial charge < -0.3 is 10.1 Å². The molecule has 11 heteroatoms. The van der Waals surface area contributed by atoms with Crippen LogP contribution in [0.3, 0.4) is 0 Å². The summed E-state index contributed by atoms with van der Waals surface area (Å²) in [7, 11) is 2.76. The maximum Gasteiger partial charge on any atom is 0.337 e. The third-order valence-electron chi connectivity index (χ3n) is 4.72. The van der Waals surface area contributed by atoms with E-state index >= 15 is 0 Å². The van der Waals surface area contributed by atoms with Crippen LogP contribution in [-0.4, -0.2) is 58.9 Å². The molecule has 0 radical (unpaired) electrons. The number of nitrogens with one attached hydrogen (secondary N) is 2. The fraction of sp³-hybridized carbons (Fsp3) is 0.190. The largest absolute Gasteiger partial charge is 0.465 e. The average molecular weight is 519 g/mol. The van der Waals surface area contributed by atoms with Gasteiger partial charge in [-0.3, -0.25) is 24.7 Å². The number of carbonyl (C=O) groups excluding carboxylic acids is 4. The first-order chi connectivity index (χ1) is 15.2. The average Bonchev–Trinajstić information content (AvgIpc) is 2.97. The Balaban J connectivity index is 1.69. The number of likely N-dealkylation sites (N-methyl/N-ethyl adjacent to an activating group) is 1. The molecule has 0 aliphatic carbocycles. The first kappa shape index (κ1) is 23.4. The van der Waals surface area contributed by atoms with Crippen molar-refractivity contribution in [2.75, 3.05) is 19.5 Å². The van der Waals surface area contributed by atoms with Crippen molar-refractivity contribution in [3.63, 3.8) is 0 Å². The van der Waals surface area contributed by atoms with E-state index in [0.29, 0.717) is 16.8 Å². The van der Waals surface area contributed by atoms with Gasteiger partial charge in [-0.1, -0.05) is 15.9 Å². The Morgan fingerprint density at radius 3 is 2.25 bits per heavy atom. The van der Waals surface area contributed by atoms with Gasteiger partial charge in [0.2, 0.25) is 5.91 Å². The zero-order chi connectivity index (χ0) is 23.4. The van der Waals surface area contributed by atoms with E-state index in [-0.39, 0.29) is 11.5 Å². The normalized spacial score (nSPS) is 15.5. The van der Waals surface area contributed by atoms with Crippen LogP contribution in [0.1, 0.15) is 27.1 Å². The lowest BCUT2D eigenvalue weighted by Crippen LogP contribution is -2.49. The highest BCUT2D eigenvalue weighted by atomic mass is 79.9. The Hall–Kier alpha value is -3.31. The Morgan fingerprint density at radius 2 is 1.66 bits per heavy atom. The van der Waals surface area contributed by atoms with Gasteiger partial charge in [0.05, 0.1) is 19.1 Å². The van der Waals surface area contributed by atoms with Crippen molar-refractivity contribution in [1.29, 1.82) is 0 Å². The number of rotatable bonds is 6. The summed E-state index contributed by atoms with van der Waals surface area (Å²) in [6.07, 6.45) is -0.247. The number of thiocarbonyl (C=S) groups is 1. The molecule has 1 saturated heterocycles. The van der Waals surface area contributed by atoms with E-state index in [1.807, 2.05) is 0 Å². The third kappa shape index (κ3) is 5.11. The second kappa shape index (κ2) is 9.88. The number of hydrogen-bond acceptors (Lipinski definition) is 6. The number of amides is 3. The van der Waals surface area contributed by atoms with Crippen LogP contribution in [0.4, 0.5) is 5.69 Å².